The van der Waals surface area contributed by atoms with Gasteiger partial charge in [0, 0.05) is 18.8 Å². The van der Waals surface area contributed by atoms with Gasteiger partial charge in [-0.15, -0.1) is 0 Å². The van der Waals surface area contributed by atoms with E-state index in [1.807, 2.05) is 6.92 Å². The lowest BCUT2D eigenvalue weighted by atomic mass is 10.2. The number of rotatable bonds is 5. The second-order valence-electron chi connectivity index (χ2n) is 4.47. The highest BCUT2D eigenvalue weighted by atomic mass is 32.2. The van der Waals surface area contributed by atoms with Crippen LogP contribution in [0.3, 0.4) is 0 Å². The van der Waals surface area contributed by atoms with Crippen LogP contribution < -0.4 is 5.73 Å². The third-order valence-corrected chi connectivity index (χ3v) is 4.97. The molecule has 0 aliphatic heterocycles. The van der Waals surface area contributed by atoms with Crippen LogP contribution in [0, 0.1) is 11.6 Å². The van der Waals surface area contributed by atoms with Gasteiger partial charge < -0.3 is 5.73 Å². The zero-order valence-electron chi connectivity index (χ0n) is 11.2. The Morgan fingerprint density at radius 1 is 1.37 bits per heavy atom. The standard InChI is InChI=1S/C12H18F2N2O2S/c1-4-5-8(2)16(3)19(17,18)11-7-9(15)6-10(13)12(11)14/h6-8H,4-5,15H2,1-3H3. The molecule has 1 atom stereocenters. The van der Waals surface area contributed by atoms with Gasteiger partial charge in [0.2, 0.25) is 10.0 Å². The summed E-state index contributed by atoms with van der Waals surface area (Å²) in [6.07, 6.45) is 1.41. The number of benzene rings is 1. The molecule has 1 aromatic carbocycles. The molecule has 0 saturated heterocycles. The minimum Gasteiger partial charge on any atom is -0.399 e. The molecule has 0 spiro atoms. The maximum Gasteiger partial charge on any atom is 0.246 e. The van der Waals surface area contributed by atoms with Gasteiger partial charge in [-0.1, -0.05) is 13.3 Å². The molecule has 0 amide bonds. The fourth-order valence-corrected chi connectivity index (χ4v) is 3.26. The van der Waals surface area contributed by atoms with E-state index in [1.165, 1.54) is 7.05 Å². The Bertz CT molecular complexity index is 561. The van der Waals surface area contributed by atoms with Crippen molar-refractivity contribution in [1.29, 1.82) is 0 Å². The second kappa shape index (κ2) is 5.83. The average Bonchev–Trinajstić information content (AvgIpc) is 2.32. The van der Waals surface area contributed by atoms with Crippen LogP contribution in [0.1, 0.15) is 26.7 Å². The maximum absolute atomic E-state index is 13.7. The van der Waals surface area contributed by atoms with Gasteiger partial charge in [-0.05, 0) is 25.5 Å². The monoisotopic (exact) mass is 292 g/mol. The molecular formula is C12H18F2N2O2S. The van der Waals surface area contributed by atoms with Gasteiger partial charge in [-0.25, -0.2) is 17.2 Å². The Labute approximate surface area is 112 Å². The smallest absolute Gasteiger partial charge is 0.246 e. The van der Waals surface area contributed by atoms with Gasteiger partial charge in [0.15, 0.2) is 11.6 Å². The van der Waals surface area contributed by atoms with Crippen molar-refractivity contribution in [2.75, 3.05) is 12.8 Å². The molecule has 0 heterocycles. The Morgan fingerprint density at radius 3 is 2.47 bits per heavy atom. The maximum atomic E-state index is 13.7. The van der Waals surface area contributed by atoms with Crippen molar-refractivity contribution >= 4 is 15.7 Å². The quantitative estimate of drug-likeness (QED) is 0.847. The summed E-state index contributed by atoms with van der Waals surface area (Å²) in [5, 5.41) is 0. The lowest BCUT2D eigenvalue weighted by molar-refractivity contribution is 0.365. The van der Waals surface area contributed by atoms with E-state index in [1.54, 1.807) is 6.92 Å². The predicted octanol–water partition coefficient (Wildman–Crippen LogP) is 2.36. The van der Waals surface area contributed by atoms with E-state index < -0.39 is 26.6 Å². The first kappa shape index (κ1) is 15.8. The van der Waals surface area contributed by atoms with E-state index in [9.17, 15) is 17.2 Å². The number of anilines is 1. The molecule has 108 valence electrons. The molecule has 0 aliphatic carbocycles. The molecule has 0 aromatic heterocycles. The van der Waals surface area contributed by atoms with Gasteiger partial charge in [0.05, 0.1) is 0 Å². The van der Waals surface area contributed by atoms with Gasteiger partial charge >= 0.3 is 0 Å². The van der Waals surface area contributed by atoms with E-state index in [2.05, 4.69) is 0 Å². The highest BCUT2D eigenvalue weighted by Gasteiger charge is 2.29. The summed E-state index contributed by atoms with van der Waals surface area (Å²) in [5.41, 5.74) is 5.24. The molecule has 4 nitrogen and oxygen atoms in total. The third kappa shape index (κ3) is 3.22. The predicted molar refractivity (Wildman–Crippen MR) is 70.1 cm³/mol. The molecule has 0 bridgehead atoms. The van der Waals surface area contributed by atoms with Crippen molar-refractivity contribution in [3.05, 3.63) is 23.8 Å². The summed E-state index contributed by atoms with van der Waals surface area (Å²) in [7, 11) is -2.75. The first-order valence-electron chi connectivity index (χ1n) is 5.94. The molecule has 0 radical (unpaired) electrons. The molecule has 2 N–H and O–H groups in total. The largest absolute Gasteiger partial charge is 0.399 e. The molecule has 1 aromatic rings. The number of sulfonamides is 1. The molecule has 0 aliphatic rings. The third-order valence-electron chi connectivity index (χ3n) is 3.00. The fourth-order valence-electron chi connectivity index (χ4n) is 1.76. The topological polar surface area (TPSA) is 63.4 Å². The Hall–Kier alpha value is -1.21. The van der Waals surface area contributed by atoms with Crippen LogP contribution in [-0.4, -0.2) is 25.8 Å². The first-order valence-corrected chi connectivity index (χ1v) is 7.38. The van der Waals surface area contributed by atoms with Crippen molar-refractivity contribution in [3.8, 4) is 0 Å². The lowest BCUT2D eigenvalue weighted by Gasteiger charge is -2.24. The molecule has 7 heteroatoms. The Morgan fingerprint density at radius 2 is 1.95 bits per heavy atom. The molecule has 1 rings (SSSR count). The molecule has 0 fully saturated rings. The van der Waals surface area contributed by atoms with Crippen LogP contribution in [-0.2, 0) is 10.0 Å². The van der Waals surface area contributed by atoms with Crippen molar-refractivity contribution in [2.24, 2.45) is 0 Å². The van der Waals surface area contributed by atoms with E-state index in [4.69, 9.17) is 5.73 Å². The van der Waals surface area contributed by atoms with Crippen molar-refractivity contribution in [3.63, 3.8) is 0 Å². The van der Waals surface area contributed by atoms with E-state index in [0.29, 0.717) is 6.42 Å². The van der Waals surface area contributed by atoms with Gasteiger partial charge in [0.1, 0.15) is 4.90 Å². The van der Waals surface area contributed by atoms with Crippen LogP contribution in [0.25, 0.3) is 0 Å². The summed E-state index contributed by atoms with van der Waals surface area (Å²) in [4.78, 5) is -0.726. The molecule has 0 saturated carbocycles. The zero-order valence-corrected chi connectivity index (χ0v) is 12.0. The SMILES string of the molecule is CCCC(C)N(C)S(=O)(=O)c1cc(N)cc(F)c1F. The van der Waals surface area contributed by atoms with Crippen LogP contribution in [0.5, 0.6) is 0 Å². The van der Waals surface area contributed by atoms with Crippen LogP contribution >= 0.6 is 0 Å². The number of nitrogens with zero attached hydrogens (tertiary/aromatic N) is 1. The molecule has 19 heavy (non-hydrogen) atoms. The summed E-state index contributed by atoms with van der Waals surface area (Å²) in [6.45, 7) is 3.62. The molecular weight excluding hydrogens is 274 g/mol. The summed E-state index contributed by atoms with van der Waals surface area (Å²) in [6, 6.07) is 1.38. The minimum atomic E-state index is -4.10. The van der Waals surface area contributed by atoms with Crippen LogP contribution in [0.2, 0.25) is 0 Å². The number of hydrogen-bond donors (Lipinski definition) is 1. The Balaban J connectivity index is 3.28. The minimum absolute atomic E-state index is 0.131. The van der Waals surface area contributed by atoms with E-state index >= 15 is 0 Å². The highest BCUT2D eigenvalue weighted by Crippen LogP contribution is 2.25. The van der Waals surface area contributed by atoms with Crippen molar-refractivity contribution in [2.45, 2.75) is 37.6 Å². The van der Waals surface area contributed by atoms with Gasteiger partial charge in [0.25, 0.3) is 0 Å². The van der Waals surface area contributed by atoms with E-state index in [0.717, 1.165) is 22.9 Å². The van der Waals surface area contributed by atoms with Gasteiger partial charge in [-0.3, -0.25) is 0 Å². The zero-order chi connectivity index (χ0) is 14.8. The summed E-state index contributed by atoms with van der Waals surface area (Å²) >= 11 is 0. The van der Waals surface area contributed by atoms with Crippen LogP contribution in [0.4, 0.5) is 14.5 Å². The second-order valence-corrected chi connectivity index (χ2v) is 6.44. The number of nitrogens with two attached hydrogens (primary N) is 1. The summed E-state index contributed by atoms with van der Waals surface area (Å²) in [5.74, 6) is -2.67. The number of halogens is 2. The highest BCUT2D eigenvalue weighted by molar-refractivity contribution is 7.89. The number of hydrogen-bond acceptors (Lipinski definition) is 3. The Kier molecular flexibility index (Phi) is 4.86. The number of nitrogen functional groups attached to an aromatic ring is 1. The lowest BCUT2D eigenvalue weighted by Crippen LogP contribution is -2.35. The van der Waals surface area contributed by atoms with Crippen molar-refractivity contribution < 1.29 is 17.2 Å². The van der Waals surface area contributed by atoms with Crippen LogP contribution in [0.15, 0.2) is 17.0 Å². The van der Waals surface area contributed by atoms with E-state index in [-0.39, 0.29) is 11.7 Å². The molecule has 1 unspecified atom stereocenters. The summed E-state index contributed by atoms with van der Waals surface area (Å²) < 4.78 is 52.4. The first-order chi connectivity index (χ1) is 8.71. The average molecular weight is 292 g/mol. The normalized spacial score (nSPS) is 13.8. The van der Waals surface area contributed by atoms with Gasteiger partial charge in [-0.2, -0.15) is 4.31 Å². The fraction of sp³-hybridized carbons (Fsp3) is 0.500. The van der Waals surface area contributed by atoms with Crippen molar-refractivity contribution in [1.82, 2.24) is 4.31 Å².